The van der Waals surface area contributed by atoms with E-state index >= 15 is 0 Å². The third-order valence-electron chi connectivity index (χ3n) is 3.34. The molecule has 1 aromatic heterocycles. The standard InChI is InChI=1S/C17H13F2N5O2S/c18-13-6-5-12(7-14(13)19)23-16(26)10-1-3-11(4-2-10)22-15(25)8-27-17-20-9-21-24-17/h1-7,9H,8H2,(H,22,25)(H,23,26)(H,20,21,24). The van der Waals surface area contributed by atoms with Gasteiger partial charge in [0.05, 0.1) is 5.75 Å². The molecule has 0 radical (unpaired) electrons. The van der Waals surface area contributed by atoms with Gasteiger partial charge in [0.15, 0.2) is 16.8 Å². The van der Waals surface area contributed by atoms with E-state index in [-0.39, 0.29) is 17.3 Å². The zero-order valence-electron chi connectivity index (χ0n) is 13.7. The van der Waals surface area contributed by atoms with E-state index in [1.165, 1.54) is 36.3 Å². The lowest BCUT2D eigenvalue weighted by Crippen LogP contribution is -2.15. The van der Waals surface area contributed by atoms with E-state index in [4.69, 9.17) is 0 Å². The van der Waals surface area contributed by atoms with E-state index < -0.39 is 17.5 Å². The van der Waals surface area contributed by atoms with Crippen LogP contribution in [0.1, 0.15) is 10.4 Å². The molecule has 0 aliphatic carbocycles. The largest absolute Gasteiger partial charge is 0.325 e. The summed E-state index contributed by atoms with van der Waals surface area (Å²) in [6.07, 6.45) is 1.35. The molecule has 0 saturated heterocycles. The molecule has 10 heteroatoms. The fourth-order valence-corrected chi connectivity index (χ4v) is 2.66. The SMILES string of the molecule is O=C(CSc1ncn[nH]1)Nc1ccc(C(=O)Nc2ccc(F)c(F)c2)cc1. The summed E-state index contributed by atoms with van der Waals surface area (Å²) >= 11 is 1.20. The van der Waals surface area contributed by atoms with Crippen LogP contribution >= 0.6 is 11.8 Å². The maximum atomic E-state index is 13.2. The molecule has 7 nitrogen and oxygen atoms in total. The van der Waals surface area contributed by atoms with Crippen LogP contribution in [0, 0.1) is 11.6 Å². The molecule has 27 heavy (non-hydrogen) atoms. The summed E-state index contributed by atoms with van der Waals surface area (Å²) < 4.78 is 26.1. The summed E-state index contributed by atoms with van der Waals surface area (Å²) in [5.41, 5.74) is 0.956. The topological polar surface area (TPSA) is 99.8 Å². The van der Waals surface area contributed by atoms with Crippen molar-refractivity contribution in [1.29, 1.82) is 0 Å². The minimum absolute atomic E-state index is 0.140. The maximum absolute atomic E-state index is 13.2. The minimum atomic E-state index is -1.05. The molecule has 0 aliphatic heterocycles. The van der Waals surface area contributed by atoms with Gasteiger partial charge in [0.25, 0.3) is 5.91 Å². The van der Waals surface area contributed by atoms with E-state index in [1.807, 2.05) is 0 Å². The number of anilines is 2. The molecule has 0 atom stereocenters. The number of carbonyl (C=O) groups is 2. The fourth-order valence-electron chi connectivity index (χ4n) is 2.08. The zero-order chi connectivity index (χ0) is 19.2. The molecule has 138 valence electrons. The smallest absolute Gasteiger partial charge is 0.255 e. The van der Waals surface area contributed by atoms with Gasteiger partial charge in [-0.25, -0.2) is 13.8 Å². The molecule has 3 aromatic rings. The number of carbonyl (C=O) groups excluding carboxylic acids is 2. The Morgan fingerprint density at radius 2 is 1.74 bits per heavy atom. The molecule has 1 heterocycles. The molecule has 0 spiro atoms. The van der Waals surface area contributed by atoms with Crippen LogP contribution in [0.4, 0.5) is 20.2 Å². The first-order valence-corrected chi connectivity index (χ1v) is 8.64. The first kappa shape index (κ1) is 18.5. The number of hydrogen-bond acceptors (Lipinski definition) is 5. The Bertz CT molecular complexity index is 948. The van der Waals surface area contributed by atoms with Crippen molar-refractivity contribution in [1.82, 2.24) is 15.2 Å². The van der Waals surface area contributed by atoms with Crippen LogP contribution in [0.25, 0.3) is 0 Å². The van der Waals surface area contributed by atoms with Crippen LogP contribution in [-0.2, 0) is 4.79 Å². The van der Waals surface area contributed by atoms with Crippen molar-refractivity contribution >= 4 is 35.0 Å². The molecule has 0 fully saturated rings. The lowest BCUT2D eigenvalue weighted by atomic mass is 10.2. The number of nitrogens with zero attached hydrogens (tertiary/aromatic N) is 2. The second kappa shape index (κ2) is 8.41. The summed E-state index contributed by atoms with van der Waals surface area (Å²) in [6.45, 7) is 0. The van der Waals surface area contributed by atoms with Gasteiger partial charge < -0.3 is 10.6 Å². The van der Waals surface area contributed by atoms with Crippen molar-refractivity contribution in [3.05, 3.63) is 66.0 Å². The van der Waals surface area contributed by atoms with Crippen LogP contribution in [-0.4, -0.2) is 32.7 Å². The summed E-state index contributed by atoms with van der Waals surface area (Å²) in [5, 5.41) is 12.0. The summed E-state index contributed by atoms with van der Waals surface area (Å²) in [5.74, 6) is -2.62. The number of thioether (sulfide) groups is 1. The van der Waals surface area contributed by atoms with E-state index in [2.05, 4.69) is 25.8 Å². The Morgan fingerprint density at radius 3 is 2.41 bits per heavy atom. The summed E-state index contributed by atoms with van der Waals surface area (Å²) in [6, 6.07) is 9.24. The maximum Gasteiger partial charge on any atom is 0.255 e. The predicted molar refractivity (Wildman–Crippen MR) is 96.5 cm³/mol. The molecule has 0 bridgehead atoms. The number of benzene rings is 2. The number of halogens is 2. The molecule has 3 N–H and O–H groups in total. The average molecular weight is 389 g/mol. The highest BCUT2D eigenvalue weighted by Gasteiger charge is 2.10. The van der Waals surface area contributed by atoms with Crippen molar-refractivity contribution in [3.8, 4) is 0 Å². The van der Waals surface area contributed by atoms with Gasteiger partial charge in [-0.15, -0.1) is 0 Å². The molecular weight excluding hydrogens is 376 g/mol. The molecular formula is C17H13F2N5O2S. The van der Waals surface area contributed by atoms with Crippen LogP contribution in [0.3, 0.4) is 0 Å². The quantitative estimate of drug-likeness (QED) is 0.563. The van der Waals surface area contributed by atoms with Gasteiger partial charge in [0, 0.05) is 23.0 Å². The molecule has 3 rings (SSSR count). The van der Waals surface area contributed by atoms with E-state index in [0.29, 0.717) is 16.4 Å². The Kier molecular flexibility index (Phi) is 5.77. The summed E-state index contributed by atoms with van der Waals surface area (Å²) in [7, 11) is 0. The zero-order valence-corrected chi connectivity index (χ0v) is 14.5. The first-order chi connectivity index (χ1) is 13.0. The van der Waals surface area contributed by atoms with Crippen molar-refractivity contribution in [2.24, 2.45) is 0 Å². The minimum Gasteiger partial charge on any atom is -0.325 e. The van der Waals surface area contributed by atoms with Gasteiger partial charge in [-0.05, 0) is 36.4 Å². The summed E-state index contributed by atoms with van der Waals surface area (Å²) in [4.78, 5) is 27.9. The van der Waals surface area contributed by atoms with E-state index in [0.717, 1.165) is 12.1 Å². The normalized spacial score (nSPS) is 10.4. The van der Waals surface area contributed by atoms with Gasteiger partial charge in [0.2, 0.25) is 5.91 Å². The molecule has 0 aliphatic rings. The van der Waals surface area contributed by atoms with Crippen LogP contribution in [0.15, 0.2) is 53.9 Å². The van der Waals surface area contributed by atoms with Gasteiger partial charge in [-0.2, -0.15) is 5.10 Å². The number of aromatic amines is 1. The van der Waals surface area contributed by atoms with Crippen molar-refractivity contribution in [2.75, 3.05) is 16.4 Å². The molecule has 0 saturated carbocycles. The number of nitrogens with one attached hydrogen (secondary N) is 3. The van der Waals surface area contributed by atoms with E-state index in [9.17, 15) is 18.4 Å². The fraction of sp³-hybridized carbons (Fsp3) is 0.0588. The Morgan fingerprint density at radius 1 is 1.00 bits per heavy atom. The average Bonchev–Trinajstić information content (AvgIpc) is 3.17. The van der Waals surface area contributed by atoms with Gasteiger partial charge >= 0.3 is 0 Å². The highest BCUT2D eigenvalue weighted by Crippen LogP contribution is 2.16. The van der Waals surface area contributed by atoms with E-state index in [1.54, 1.807) is 12.1 Å². The Hall–Kier alpha value is -3.27. The monoisotopic (exact) mass is 389 g/mol. The highest BCUT2D eigenvalue weighted by atomic mass is 32.2. The van der Waals surface area contributed by atoms with Crippen LogP contribution in [0.2, 0.25) is 0 Å². The second-order valence-electron chi connectivity index (χ2n) is 5.29. The van der Waals surface area contributed by atoms with Gasteiger partial charge in [-0.3, -0.25) is 14.7 Å². The van der Waals surface area contributed by atoms with Crippen molar-refractivity contribution in [3.63, 3.8) is 0 Å². The Balaban J connectivity index is 1.55. The van der Waals surface area contributed by atoms with Gasteiger partial charge in [0.1, 0.15) is 6.33 Å². The number of rotatable bonds is 6. The number of amides is 2. The van der Waals surface area contributed by atoms with Gasteiger partial charge in [-0.1, -0.05) is 11.8 Å². The van der Waals surface area contributed by atoms with Crippen LogP contribution in [0.5, 0.6) is 0 Å². The number of aromatic nitrogens is 3. The lowest BCUT2D eigenvalue weighted by Gasteiger charge is -2.08. The second-order valence-corrected chi connectivity index (χ2v) is 6.25. The number of H-pyrrole nitrogens is 1. The number of hydrogen-bond donors (Lipinski definition) is 3. The third-order valence-corrected chi connectivity index (χ3v) is 4.22. The molecule has 2 aromatic carbocycles. The molecule has 2 amide bonds. The third kappa shape index (κ3) is 5.11. The van der Waals surface area contributed by atoms with Crippen molar-refractivity contribution < 1.29 is 18.4 Å². The predicted octanol–water partition coefficient (Wildman–Crippen LogP) is 3.07. The first-order valence-electron chi connectivity index (χ1n) is 7.66. The Labute approximate surface area is 156 Å². The lowest BCUT2D eigenvalue weighted by molar-refractivity contribution is -0.113. The highest BCUT2D eigenvalue weighted by molar-refractivity contribution is 7.99. The molecule has 0 unspecified atom stereocenters. The van der Waals surface area contributed by atoms with Crippen LogP contribution < -0.4 is 10.6 Å². The van der Waals surface area contributed by atoms with Crippen molar-refractivity contribution in [2.45, 2.75) is 5.16 Å².